The monoisotopic (exact) mass is 469 g/mol. The summed E-state index contributed by atoms with van der Waals surface area (Å²) in [4.78, 5) is 10.6. The van der Waals surface area contributed by atoms with Crippen molar-refractivity contribution in [3.8, 4) is 11.4 Å². The van der Waals surface area contributed by atoms with Crippen molar-refractivity contribution in [3.05, 3.63) is 54.1 Å². The van der Waals surface area contributed by atoms with E-state index in [-0.39, 0.29) is 6.10 Å². The zero-order valence-electron chi connectivity index (χ0n) is 19.9. The number of morpholine rings is 1. The van der Waals surface area contributed by atoms with Gasteiger partial charge >= 0.3 is 0 Å². The predicted octanol–water partition coefficient (Wildman–Crippen LogP) is 3.30. The molecule has 2 aromatic carbocycles. The van der Waals surface area contributed by atoms with Crippen LogP contribution in [0.3, 0.4) is 0 Å². The average Bonchev–Trinajstić information content (AvgIpc) is 3.32. The normalized spacial score (nSPS) is 15.7. The number of rotatable bonds is 14. The van der Waals surface area contributed by atoms with Crippen molar-refractivity contribution >= 4 is 11.0 Å². The first-order valence-electron chi connectivity index (χ1n) is 11.9. The molecule has 1 aromatic heterocycles. The van der Waals surface area contributed by atoms with Gasteiger partial charge in [-0.3, -0.25) is 4.90 Å². The number of nitrogens with zero attached hydrogens (tertiary/aromatic N) is 2. The molecule has 1 aliphatic heterocycles. The Kier molecular flexibility index (Phi) is 9.86. The SMILES string of the molecule is COCCOCCOCC(OCCN1CCOCC1)c1ccc2[nH]c(-c3ccccc3)nc2c1. The van der Waals surface area contributed by atoms with Crippen LogP contribution in [-0.4, -0.2) is 94.5 Å². The highest BCUT2D eigenvalue weighted by Crippen LogP contribution is 2.25. The van der Waals surface area contributed by atoms with Gasteiger partial charge in [-0.1, -0.05) is 36.4 Å². The molecule has 184 valence electrons. The summed E-state index contributed by atoms with van der Waals surface area (Å²) >= 11 is 0. The van der Waals surface area contributed by atoms with Gasteiger partial charge in [0.05, 0.1) is 63.9 Å². The Bertz CT molecular complexity index is 975. The van der Waals surface area contributed by atoms with E-state index in [0.717, 1.165) is 60.8 Å². The molecular weight excluding hydrogens is 434 g/mol. The van der Waals surface area contributed by atoms with Crippen LogP contribution in [0.4, 0.5) is 0 Å². The quantitative estimate of drug-likeness (QED) is 0.363. The first-order valence-corrected chi connectivity index (χ1v) is 11.9. The molecule has 1 aliphatic rings. The van der Waals surface area contributed by atoms with Gasteiger partial charge in [0.15, 0.2) is 0 Å². The maximum absolute atomic E-state index is 6.31. The highest BCUT2D eigenvalue weighted by atomic mass is 16.6. The number of benzene rings is 2. The lowest BCUT2D eigenvalue weighted by Crippen LogP contribution is -2.38. The third-order valence-electron chi connectivity index (χ3n) is 5.83. The Labute approximate surface area is 201 Å². The van der Waals surface area contributed by atoms with E-state index < -0.39 is 0 Å². The average molecular weight is 470 g/mol. The summed E-state index contributed by atoms with van der Waals surface area (Å²) in [6.45, 7) is 7.63. The molecule has 0 amide bonds. The second-order valence-electron chi connectivity index (χ2n) is 8.22. The van der Waals surface area contributed by atoms with Crippen LogP contribution in [0.5, 0.6) is 0 Å². The number of nitrogens with one attached hydrogen (secondary N) is 1. The fourth-order valence-corrected chi connectivity index (χ4v) is 3.90. The molecular formula is C26H35N3O5. The Morgan fingerprint density at radius 2 is 1.76 bits per heavy atom. The molecule has 8 heteroatoms. The Balaban J connectivity index is 1.39. The lowest BCUT2D eigenvalue weighted by molar-refractivity contribution is -0.0460. The van der Waals surface area contributed by atoms with E-state index in [1.807, 2.05) is 18.2 Å². The van der Waals surface area contributed by atoms with E-state index >= 15 is 0 Å². The fraction of sp³-hybridized carbons (Fsp3) is 0.500. The maximum Gasteiger partial charge on any atom is 0.138 e. The lowest BCUT2D eigenvalue weighted by atomic mass is 10.1. The number of methoxy groups -OCH3 is 1. The molecule has 0 bridgehead atoms. The van der Waals surface area contributed by atoms with Crippen molar-refractivity contribution in [1.82, 2.24) is 14.9 Å². The summed E-state index contributed by atoms with van der Waals surface area (Å²) in [6, 6.07) is 16.4. The third kappa shape index (κ3) is 7.33. The zero-order chi connectivity index (χ0) is 23.4. The molecule has 0 aliphatic carbocycles. The minimum Gasteiger partial charge on any atom is -0.382 e. The summed E-state index contributed by atoms with van der Waals surface area (Å²) in [5.41, 5.74) is 4.04. The number of fused-ring (bicyclic) bond motifs is 1. The van der Waals surface area contributed by atoms with Gasteiger partial charge in [0.1, 0.15) is 11.9 Å². The second kappa shape index (κ2) is 13.5. The number of hydrogen-bond donors (Lipinski definition) is 1. The third-order valence-corrected chi connectivity index (χ3v) is 5.83. The molecule has 0 spiro atoms. The van der Waals surface area contributed by atoms with Crippen LogP contribution in [0, 0.1) is 0 Å². The highest BCUT2D eigenvalue weighted by Gasteiger charge is 2.17. The van der Waals surface area contributed by atoms with Crippen LogP contribution < -0.4 is 0 Å². The summed E-state index contributed by atoms with van der Waals surface area (Å²) in [6.07, 6.45) is -0.179. The second-order valence-corrected chi connectivity index (χ2v) is 8.22. The molecule has 4 rings (SSSR count). The lowest BCUT2D eigenvalue weighted by Gasteiger charge is -2.27. The number of imidazole rings is 1. The molecule has 0 radical (unpaired) electrons. The van der Waals surface area contributed by atoms with Gasteiger partial charge in [-0.15, -0.1) is 0 Å². The largest absolute Gasteiger partial charge is 0.382 e. The number of aromatic nitrogens is 2. The summed E-state index contributed by atoms with van der Waals surface area (Å²) in [7, 11) is 1.66. The van der Waals surface area contributed by atoms with Crippen molar-refractivity contribution < 1.29 is 23.7 Å². The predicted molar refractivity (Wildman–Crippen MR) is 131 cm³/mol. The first-order chi connectivity index (χ1) is 16.8. The van der Waals surface area contributed by atoms with Gasteiger partial charge in [0.2, 0.25) is 0 Å². The summed E-state index contributed by atoms with van der Waals surface area (Å²) in [5.74, 6) is 0.863. The van der Waals surface area contributed by atoms with Gasteiger partial charge in [0, 0.05) is 32.3 Å². The van der Waals surface area contributed by atoms with Gasteiger partial charge in [0.25, 0.3) is 0 Å². The molecule has 34 heavy (non-hydrogen) atoms. The zero-order valence-corrected chi connectivity index (χ0v) is 19.9. The van der Waals surface area contributed by atoms with Crippen LogP contribution in [-0.2, 0) is 23.7 Å². The van der Waals surface area contributed by atoms with E-state index in [1.54, 1.807) is 7.11 Å². The fourth-order valence-electron chi connectivity index (χ4n) is 3.90. The number of ether oxygens (including phenoxy) is 5. The maximum atomic E-state index is 6.31. The minimum absolute atomic E-state index is 0.179. The molecule has 1 unspecified atom stereocenters. The first kappa shape index (κ1) is 24.8. The summed E-state index contributed by atoms with van der Waals surface area (Å²) in [5, 5.41) is 0. The van der Waals surface area contributed by atoms with Gasteiger partial charge < -0.3 is 28.7 Å². The van der Waals surface area contributed by atoms with Crippen LogP contribution >= 0.6 is 0 Å². The topological polar surface area (TPSA) is 78.1 Å². The molecule has 1 fully saturated rings. The number of H-pyrrole nitrogens is 1. The van der Waals surface area contributed by atoms with Crippen molar-refractivity contribution in [3.63, 3.8) is 0 Å². The van der Waals surface area contributed by atoms with Crippen molar-refractivity contribution in [2.75, 3.05) is 79.6 Å². The molecule has 3 aromatic rings. The molecule has 2 heterocycles. The Morgan fingerprint density at radius 3 is 2.59 bits per heavy atom. The minimum atomic E-state index is -0.179. The van der Waals surface area contributed by atoms with Crippen LogP contribution in [0.1, 0.15) is 11.7 Å². The van der Waals surface area contributed by atoms with E-state index in [4.69, 9.17) is 28.7 Å². The van der Waals surface area contributed by atoms with E-state index in [0.29, 0.717) is 39.6 Å². The van der Waals surface area contributed by atoms with Gasteiger partial charge in [-0.05, 0) is 17.7 Å². The molecule has 1 N–H and O–H groups in total. The standard InChI is InChI=1S/C26H35N3O5/c1-30-15-16-32-17-18-33-20-25(34-14-11-29-9-12-31-13-10-29)22-7-8-23-24(19-22)28-26(27-23)21-5-3-2-4-6-21/h2-8,19,25H,9-18,20H2,1H3,(H,27,28). The smallest absolute Gasteiger partial charge is 0.138 e. The molecule has 1 atom stereocenters. The van der Waals surface area contributed by atoms with Gasteiger partial charge in [-0.2, -0.15) is 0 Å². The van der Waals surface area contributed by atoms with Crippen molar-refractivity contribution in [1.29, 1.82) is 0 Å². The molecule has 8 nitrogen and oxygen atoms in total. The van der Waals surface area contributed by atoms with Crippen molar-refractivity contribution in [2.24, 2.45) is 0 Å². The van der Waals surface area contributed by atoms with Crippen LogP contribution in [0.2, 0.25) is 0 Å². The van der Waals surface area contributed by atoms with Crippen molar-refractivity contribution in [2.45, 2.75) is 6.10 Å². The Hall–Kier alpha value is -2.33. The van der Waals surface area contributed by atoms with Crippen LogP contribution in [0.15, 0.2) is 48.5 Å². The van der Waals surface area contributed by atoms with E-state index in [2.05, 4.69) is 40.2 Å². The summed E-state index contributed by atoms with van der Waals surface area (Å²) < 4.78 is 28.2. The van der Waals surface area contributed by atoms with E-state index in [9.17, 15) is 0 Å². The number of hydrogen-bond acceptors (Lipinski definition) is 7. The Morgan fingerprint density at radius 1 is 0.971 bits per heavy atom. The van der Waals surface area contributed by atoms with E-state index in [1.165, 1.54) is 0 Å². The molecule has 1 saturated heterocycles. The van der Waals surface area contributed by atoms with Gasteiger partial charge in [-0.25, -0.2) is 4.98 Å². The molecule has 0 saturated carbocycles. The number of aromatic amines is 1. The van der Waals surface area contributed by atoms with Crippen LogP contribution in [0.25, 0.3) is 22.4 Å². The highest BCUT2D eigenvalue weighted by molar-refractivity contribution is 5.80.